The molecule has 32 heavy (non-hydrogen) atoms. The number of halogens is 4. The lowest BCUT2D eigenvalue weighted by molar-refractivity contribution is -0.0328. The van der Waals surface area contributed by atoms with Crippen LogP contribution in [0.2, 0.25) is 0 Å². The highest BCUT2D eigenvalue weighted by atomic mass is 32.2. The number of sulfone groups is 1. The van der Waals surface area contributed by atoms with Gasteiger partial charge >= 0.3 is 5.51 Å². The maximum Gasteiger partial charge on any atom is 0.446 e. The van der Waals surface area contributed by atoms with E-state index in [9.17, 15) is 26.0 Å². The first-order valence-electron chi connectivity index (χ1n) is 9.29. The van der Waals surface area contributed by atoms with Gasteiger partial charge in [-0.05, 0) is 47.7 Å². The fraction of sp³-hybridized carbons (Fsp3) is 0.143. The standard InChI is InChI=1S/C21H15F4N3O2S2/c1-2-32(29,30)18-9-14(13-3-5-15(22)6-4-13)11-26-20(18)17-12-28-8-7-16(10-19(28)27-17)31-21(23,24)25/h3-12H,2H2,1H3. The Morgan fingerprint density at radius 3 is 2.44 bits per heavy atom. The summed E-state index contributed by atoms with van der Waals surface area (Å²) in [6.45, 7) is 1.49. The highest BCUT2D eigenvalue weighted by molar-refractivity contribution is 8.00. The fourth-order valence-corrected chi connectivity index (χ4v) is 4.73. The van der Waals surface area contributed by atoms with Crippen LogP contribution in [0, 0.1) is 5.82 Å². The molecular weight excluding hydrogens is 466 g/mol. The third-order valence-electron chi connectivity index (χ3n) is 4.65. The van der Waals surface area contributed by atoms with Gasteiger partial charge in [-0.3, -0.25) is 4.98 Å². The Bertz CT molecular complexity index is 1400. The molecule has 0 fully saturated rings. The van der Waals surface area contributed by atoms with Crippen molar-refractivity contribution >= 4 is 27.2 Å². The molecule has 0 saturated heterocycles. The normalized spacial score (nSPS) is 12.4. The molecule has 0 N–H and O–H groups in total. The Kier molecular flexibility index (Phi) is 5.72. The van der Waals surface area contributed by atoms with Gasteiger partial charge in [-0.15, -0.1) is 0 Å². The van der Waals surface area contributed by atoms with Gasteiger partial charge in [0.2, 0.25) is 0 Å². The number of alkyl halides is 3. The summed E-state index contributed by atoms with van der Waals surface area (Å²) in [6.07, 6.45) is 4.37. The number of aromatic nitrogens is 3. The zero-order valence-electron chi connectivity index (χ0n) is 16.5. The van der Waals surface area contributed by atoms with Gasteiger partial charge < -0.3 is 4.40 Å². The number of thioether (sulfide) groups is 1. The fourth-order valence-electron chi connectivity index (χ4n) is 3.10. The summed E-state index contributed by atoms with van der Waals surface area (Å²) in [7, 11) is -3.72. The van der Waals surface area contributed by atoms with Crippen LogP contribution < -0.4 is 0 Å². The molecule has 0 aliphatic rings. The highest BCUT2D eigenvalue weighted by Gasteiger charge is 2.29. The Morgan fingerprint density at radius 2 is 1.78 bits per heavy atom. The summed E-state index contributed by atoms with van der Waals surface area (Å²) >= 11 is -0.259. The average molecular weight is 481 g/mol. The molecule has 0 atom stereocenters. The maximum atomic E-state index is 13.2. The quantitative estimate of drug-likeness (QED) is 0.274. The van der Waals surface area contributed by atoms with Gasteiger partial charge in [0.1, 0.15) is 22.9 Å². The summed E-state index contributed by atoms with van der Waals surface area (Å²) in [5.74, 6) is -0.610. The first kappa shape index (κ1) is 22.3. The van der Waals surface area contributed by atoms with E-state index >= 15 is 0 Å². The molecule has 0 saturated carbocycles. The van der Waals surface area contributed by atoms with Crippen molar-refractivity contribution in [2.75, 3.05) is 5.75 Å². The summed E-state index contributed by atoms with van der Waals surface area (Å²) in [5, 5.41) is 0. The van der Waals surface area contributed by atoms with Crippen LogP contribution in [0.3, 0.4) is 0 Å². The molecule has 3 aromatic heterocycles. The van der Waals surface area contributed by atoms with E-state index in [1.807, 2.05) is 0 Å². The van der Waals surface area contributed by atoms with Crippen molar-refractivity contribution in [3.63, 3.8) is 0 Å². The Balaban J connectivity index is 1.83. The van der Waals surface area contributed by atoms with Gasteiger partial charge in [0, 0.05) is 29.0 Å². The van der Waals surface area contributed by atoms with Crippen LogP contribution in [-0.2, 0) is 9.84 Å². The van der Waals surface area contributed by atoms with Crippen LogP contribution in [0.4, 0.5) is 17.6 Å². The molecule has 0 amide bonds. The lowest BCUT2D eigenvalue weighted by atomic mass is 10.1. The molecule has 0 aliphatic heterocycles. The number of hydrogen-bond acceptors (Lipinski definition) is 5. The van der Waals surface area contributed by atoms with Gasteiger partial charge in [-0.25, -0.2) is 17.8 Å². The molecule has 166 valence electrons. The van der Waals surface area contributed by atoms with Crippen molar-refractivity contribution in [1.82, 2.24) is 14.4 Å². The second-order valence-electron chi connectivity index (χ2n) is 6.78. The van der Waals surface area contributed by atoms with Crippen LogP contribution in [0.5, 0.6) is 0 Å². The van der Waals surface area contributed by atoms with E-state index in [4.69, 9.17) is 0 Å². The number of benzene rings is 1. The predicted octanol–water partition coefficient (Wildman–Crippen LogP) is 5.61. The van der Waals surface area contributed by atoms with Crippen molar-refractivity contribution in [1.29, 1.82) is 0 Å². The largest absolute Gasteiger partial charge is 0.446 e. The highest BCUT2D eigenvalue weighted by Crippen LogP contribution is 2.37. The van der Waals surface area contributed by atoms with E-state index < -0.39 is 21.2 Å². The summed E-state index contributed by atoms with van der Waals surface area (Å²) in [5.41, 5.74) is -2.86. The molecular formula is C21H15F4N3O2S2. The van der Waals surface area contributed by atoms with E-state index in [-0.39, 0.29) is 44.3 Å². The van der Waals surface area contributed by atoms with Gasteiger partial charge in [-0.2, -0.15) is 13.2 Å². The third kappa shape index (κ3) is 4.63. The Hall–Kier alpha value is -2.92. The van der Waals surface area contributed by atoms with E-state index in [2.05, 4.69) is 9.97 Å². The second-order valence-corrected chi connectivity index (χ2v) is 10.2. The molecule has 0 bridgehead atoms. The maximum absolute atomic E-state index is 13.2. The average Bonchev–Trinajstić information content (AvgIpc) is 3.16. The number of pyridine rings is 2. The van der Waals surface area contributed by atoms with E-state index in [1.165, 1.54) is 72.4 Å². The lowest BCUT2D eigenvalue weighted by Crippen LogP contribution is -2.07. The van der Waals surface area contributed by atoms with Crippen LogP contribution in [-0.4, -0.2) is 34.0 Å². The first-order chi connectivity index (χ1) is 15.1. The molecule has 5 nitrogen and oxygen atoms in total. The molecule has 11 heteroatoms. The molecule has 3 heterocycles. The van der Waals surface area contributed by atoms with Crippen molar-refractivity contribution in [2.45, 2.75) is 22.2 Å². The number of imidazole rings is 1. The number of fused-ring (bicyclic) bond motifs is 1. The van der Waals surface area contributed by atoms with E-state index in [1.54, 1.807) is 0 Å². The van der Waals surface area contributed by atoms with Crippen LogP contribution in [0.25, 0.3) is 28.2 Å². The van der Waals surface area contributed by atoms with Crippen molar-refractivity contribution in [3.8, 4) is 22.5 Å². The summed E-state index contributed by atoms with van der Waals surface area (Å²) < 4.78 is 78.3. The van der Waals surface area contributed by atoms with Crippen LogP contribution in [0.1, 0.15) is 6.92 Å². The van der Waals surface area contributed by atoms with E-state index in [0.29, 0.717) is 11.1 Å². The van der Waals surface area contributed by atoms with Crippen LogP contribution in [0.15, 0.2) is 70.8 Å². The molecule has 4 aromatic rings. The van der Waals surface area contributed by atoms with Crippen molar-refractivity contribution < 1.29 is 26.0 Å². The second kappa shape index (κ2) is 8.21. The lowest BCUT2D eigenvalue weighted by Gasteiger charge is -2.10. The molecule has 0 radical (unpaired) electrons. The summed E-state index contributed by atoms with van der Waals surface area (Å²) in [4.78, 5) is 8.51. The molecule has 4 rings (SSSR count). The number of nitrogens with zero attached hydrogens (tertiary/aromatic N) is 3. The monoisotopic (exact) mass is 481 g/mol. The minimum atomic E-state index is -4.44. The smallest absolute Gasteiger partial charge is 0.306 e. The minimum absolute atomic E-state index is 0.0387. The van der Waals surface area contributed by atoms with Crippen molar-refractivity contribution in [2.24, 2.45) is 0 Å². The molecule has 0 unspecified atom stereocenters. The predicted molar refractivity (Wildman–Crippen MR) is 113 cm³/mol. The topological polar surface area (TPSA) is 64.3 Å². The summed E-state index contributed by atoms with van der Waals surface area (Å²) in [6, 6.07) is 9.56. The zero-order valence-corrected chi connectivity index (χ0v) is 18.1. The van der Waals surface area contributed by atoms with E-state index in [0.717, 1.165) is 0 Å². The number of hydrogen-bond donors (Lipinski definition) is 0. The van der Waals surface area contributed by atoms with Gasteiger partial charge in [0.15, 0.2) is 9.84 Å². The molecule has 0 aliphatic carbocycles. The van der Waals surface area contributed by atoms with Crippen molar-refractivity contribution in [3.05, 3.63) is 66.9 Å². The minimum Gasteiger partial charge on any atom is -0.306 e. The van der Waals surface area contributed by atoms with Gasteiger partial charge in [0.05, 0.1) is 10.6 Å². The third-order valence-corrected chi connectivity index (χ3v) is 7.12. The first-order valence-corrected chi connectivity index (χ1v) is 11.8. The zero-order chi connectivity index (χ0) is 23.1. The Morgan fingerprint density at radius 1 is 1.06 bits per heavy atom. The SMILES string of the molecule is CCS(=O)(=O)c1cc(-c2ccc(F)cc2)cnc1-c1cn2ccc(SC(F)(F)F)cc2n1. The van der Waals surface area contributed by atoms with Gasteiger partial charge in [0.25, 0.3) is 0 Å². The Labute approximate surface area is 185 Å². The number of rotatable bonds is 5. The molecule has 1 aromatic carbocycles. The van der Waals surface area contributed by atoms with Gasteiger partial charge in [-0.1, -0.05) is 19.1 Å². The van der Waals surface area contributed by atoms with Crippen LogP contribution >= 0.6 is 11.8 Å². The molecule has 0 spiro atoms.